The monoisotopic (exact) mass is 317 g/mol. The van der Waals surface area contributed by atoms with Crippen LogP contribution in [0.1, 0.15) is 0 Å². The zero-order valence-corrected chi connectivity index (χ0v) is 11.4. The maximum atomic E-state index is 13.0. The summed E-state index contributed by atoms with van der Waals surface area (Å²) in [5, 5.41) is 5.23. The highest BCUT2D eigenvalue weighted by Gasteiger charge is 2.05. The number of aromatic nitrogens is 2. The van der Waals surface area contributed by atoms with E-state index >= 15 is 0 Å². The van der Waals surface area contributed by atoms with Crippen molar-refractivity contribution in [3.05, 3.63) is 59.2 Å². The molecule has 0 amide bonds. The van der Waals surface area contributed by atoms with Crippen LogP contribution in [0.3, 0.4) is 0 Å². The Labute approximate surface area is 117 Å². The Hall–Kier alpha value is -2.01. The molecule has 0 aliphatic heterocycles. The van der Waals surface area contributed by atoms with Crippen molar-refractivity contribution in [2.45, 2.75) is 0 Å². The number of nitrogens with one attached hydrogen (secondary N) is 1. The van der Waals surface area contributed by atoms with Crippen molar-refractivity contribution in [1.29, 1.82) is 0 Å². The molecule has 0 spiro atoms. The lowest BCUT2D eigenvalue weighted by Crippen LogP contribution is -1.96. The highest BCUT2D eigenvalue weighted by atomic mass is 79.9. The Morgan fingerprint density at radius 3 is 2.58 bits per heavy atom. The van der Waals surface area contributed by atoms with Crippen molar-refractivity contribution in [1.82, 2.24) is 9.97 Å². The van der Waals surface area contributed by atoms with Crippen LogP contribution in [-0.2, 0) is 0 Å². The summed E-state index contributed by atoms with van der Waals surface area (Å²) in [5.74, 6) is -0.126. The first-order valence-corrected chi connectivity index (χ1v) is 6.45. The molecule has 0 aliphatic carbocycles. The van der Waals surface area contributed by atoms with Gasteiger partial charge in [-0.15, -0.1) is 0 Å². The van der Waals surface area contributed by atoms with Crippen LogP contribution in [0.5, 0.6) is 0 Å². The second-order valence-electron chi connectivity index (χ2n) is 3.99. The van der Waals surface area contributed by atoms with Crippen molar-refractivity contribution >= 4 is 38.2 Å². The highest BCUT2D eigenvalue weighted by Crippen LogP contribution is 2.31. The molecule has 0 bridgehead atoms. The van der Waals surface area contributed by atoms with Crippen molar-refractivity contribution in [3.8, 4) is 0 Å². The van der Waals surface area contributed by atoms with Crippen LogP contribution in [0, 0.1) is 5.95 Å². The van der Waals surface area contributed by atoms with Crippen LogP contribution in [0.4, 0.5) is 15.9 Å². The van der Waals surface area contributed by atoms with Crippen molar-refractivity contribution in [2.24, 2.45) is 0 Å². The molecular weight excluding hydrogens is 309 g/mol. The van der Waals surface area contributed by atoms with Crippen LogP contribution in [0.2, 0.25) is 0 Å². The standard InChI is InChI=1S/C14H9BrFN3/c15-11-5-6-12(10-4-2-1-3-9(10)11)19-14-7-13(16)17-8-18-14/h1-8H,(H,17,18,19). The van der Waals surface area contributed by atoms with E-state index in [9.17, 15) is 4.39 Å². The predicted molar refractivity (Wildman–Crippen MR) is 76.9 cm³/mol. The van der Waals surface area contributed by atoms with Crippen molar-refractivity contribution < 1.29 is 4.39 Å². The average Bonchev–Trinajstić information content (AvgIpc) is 2.42. The normalized spacial score (nSPS) is 10.6. The molecule has 19 heavy (non-hydrogen) atoms. The third-order valence-corrected chi connectivity index (χ3v) is 3.46. The van der Waals surface area contributed by atoms with Gasteiger partial charge < -0.3 is 5.32 Å². The summed E-state index contributed by atoms with van der Waals surface area (Å²) in [7, 11) is 0. The number of rotatable bonds is 2. The molecule has 3 nitrogen and oxygen atoms in total. The molecule has 1 aromatic heterocycles. The predicted octanol–water partition coefficient (Wildman–Crippen LogP) is 4.28. The van der Waals surface area contributed by atoms with Crippen LogP contribution in [-0.4, -0.2) is 9.97 Å². The van der Waals surface area contributed by atoms with E-state index in [-0.39, 0.29) is 0 Å². The zero-order chi connectivity index (χ0) is 13.2. The smallest absolute Gasteiger partial charge is 0.218 e. The van der Waals surface area contributed by atoms with E-state index < -0.39 is 5.95 Å². The maximum Gasteiger partial charge on any atom is 0.218 e. The van der Waals surface area contributed by atoms with Gasteiger partial charge in [0.1, 0.15) is 12.1 Å². The Balaban J connectivity index is 2.09. The topological polar surface area (TPSA) is 37.8 Å². The summed E-state index contributed by atoms with van der Waals surface area (Å²) in [6, 6.07) is 13.1. The summed E-state index contributed by atoms with van der Waals surface area (Å²) in [6.45, 7) is 0. The molecule has 0 aliphatic rings. The highest BCUT2D eigenvalue weighted by molar-refractivity contribution is 9.10. The molecule has 3 rings (SSSR count). The molecule has 5 heteroatoms. The van der Waals surface area contributed by atoms with Crippen LogP contribution >= 0.6 is 15.9 Å². The fraction of sp³-hybridized carbons (Fsp3) is 0. The van der Waals surface area contributed by atoms with Gasteiger partial charge in [-0.1, -0.05) is 40.2 Å². The van der Waals surface area contributed by atoms with Gasteiger partial charge in [-0.05, 0) is 17.5 Å². The molecule has 94 valence electrons. The van der Waals surface area contributed by atoms with Gasteiger partial charge in [0.15, 0.2) is 0 Å². The number of fused-ring (bicyclic) bond motifs is 1. The molecule has 0 radical (unpaired) electrons. The van der Waals surface area contributed by atoms with Gasteiger partial charge in [-0.25, -0.2) is 9.97 Å². The molecule has 0 fully saturated rings. The molecule has 0 atom stereocenters. The first-order valence-electron chi connectivity index (χ1n) is 5.66. The molecule has 0 saturated carbocycles. The lowest BCUT2D eigenvalue weighted by molar-refractivity contribution is 0.580. The number of nitrogens with zero attached hydrogens (tertiary/aromatic N) is 2. The van der Waals surface area contributed by atoms with Crippen molar-refractivity contribution in [3.63, 3.8) is 0 Å². The molecule has 3 aromatic rings. The summed E-state index contributed by atoms with van der Waals surface area (Å²) >= 11 is 3.51. The summed E-state index contributed by atoms with van der Waals surface area (Å²) < 4.78 is 14.1. The van der Waals surface area contributed by atoms with Gasteiger partial charge in [0.2, 0.25) is 5.95 Å². The lowest BCUT2D eigenvalue weighted by atomic mass is 10.1. The SMILES string of the molecule is Fc1cc(Nc2ccc(Br)c3ccccc23)ncn1. The minimum Gasteiger partial charge on any atom is -0.340 e. The minimum absolute atomic E-state index is 0.431. The van der Waals surface area contributed by atoms with Crippen LogP contribution in [0.15, 0.2) is 53.3 Å². The largest absolute Gasteiger partial charge is 0.340 e. The third-order valence-electron chi connectivity index (χ3n) is 2.77. The molecule has 1 heterocycles. The number of hydrogen-bond donors (Lipinski definition) is 1. The molecule has 2 aromatic carbocycles. The lowest BCUT2D eigenvalue weighted by Gasteiger charge is -2.10. The van der Waals surface area contributed by atoms with Crippen LogP contribution < -0.4 is 5.32 Å². The molecule has 0 saturated heterocycles. The summed E-state index contributed by atoms with van der Waals surface area (Å²) in [4.78, 5) is 7.42. The van der Waals surface area contributed by atoms with E-state index in [4.69, 9.17) is 0 Å². The number of benzene rings is 2. The van der Waals surface area contributed by atoms with E-state index in [2.05, 4.69) is 31.2 Å². The summed E-state index contributed by atoms with van der Waals surface area (Å²) in [6.07, 6.45) is 1.19. The number of halogens is 2. The van der Waals surface area contributed by atoms with Crippen molar-refractivity contribution in [2.75, 3.05) is 5.32 Å². The third kappa shape index (κ3) is 2.42. The summed E-state index contributed by atoms with van der Waals surface area (Å²) in [5.41, 5.74) is 0.872. The number of hydrogen-bond acceptors (Lipinski definition) is 3. The average molecular weight is 318 g/mol. The van der Waals surface area contributed by atoms with Gasteiger partial charge in [0, 0.05) is 21.6 Å². The Morgan fingerprint density at radius 1 is 1.00 bits per heavy atom. The van der Waals surface area contributed by atoms with Gasteiger partial charge in [-0.3, -0.25) is 0 Å². The van der Waals surface area contributed by atoms with Gasteiger partial charge in [0.05, 0.1) is 0 Å². The quantitative estimate of drug-likeness (QED) is 0.717. The van der Waals surface area contributed by atoms with E-state index in [1.54, 1.807) is 0 Å². The minimum atomic E-state index is -0.557. The molecule has 0 unspecified atom stereocenters. The first kappa shape index (κ1) is 12.0. The second kappa shape index (κ2) is 4.93. The van der Waals surface area contributed by atoms with E-state index in [0.717, 1.165) is 20.9 Å². The molecular formula is C14H9BrFN3. The van der Waals surface area contributed by atoms with Gasteiger partial charge >= 0.3 is 0 Å². The Bertz CT molecular complexity index is 746. The van der Waals surface area contributed by atoms with E-state index in [1.807, 2.05) is 36.4 Å². The van der Waals surface area contributed by atoms with Gasteiger partial charge in [0.25, 0.3) is 0 Å². The Morgan fingerprint density at radius 2 is 1.79 bits per heavy atom. The first-order chi connectivity index (χ1) is 9.24. The number of anilines is 2. The van der Waals surface area contributed by atoms with E-state index in [0.29, 0.717) is 5.82 Å². The molecule has 1 N–H and O–H groups in total. The fourth-order valence-electron chi connectivity index (χ4n) is 1.91. The zero-order valence-electron chi connectivity index (χ0n) is 9.77. The fourth-order valence-corrected chi connectivity index (χ4v) is 2.39. The van der Waals surface area contributed by atoms with Gasteiger partial charge in [-0.2, -0.15) is 4.39 Å². The second-order valence-corrected chi connectivity index (χ2v) is 4.85. The van der Waals surface area contributed by atoms with Crippen LogP contribution in [0.25, 0.3) is 10.8 Å². The maximum absolute atomic E-state index is 13.0. The Kier molecular flexibility index (Phi) is 3.13. The van der Waals surface area contributed by atoms with E-state index in [1.165, 1.54) is 12.4 Å².